The highest BCUT2D eigenvalue weighted by molar-refractivity contribution is 5.93. The molecule has 15 heavy (non-hydrogen) atoms. The lowest BCUT2D eigenvalue weighted by Crippen LogP contribution is -2.15. The van der Waals surface area contributed by atoms with Crippen LogP contribution in [-0.4, -0.2) is 27.7 Å². The van der Waals surface area contributed by atoms with E-state index in [1.54, 1.807) is 0 Å². The minimum absolute atomic E-state index is 0.0136. The van der Waals surface area contributed by atoms with Gasteiger partial charge in [-0.05, 0) is 6.07 Å². The van der Waals surface area contributed by atoms with E-state index in [2.05, 4.69) is 5.32 Å². The molecular weight excluding hydrogens is 204 g/mol. The van der Waals surface area contributed by atoms with Crippen LogP contribution in [0.3, 0.4) is 0 Å². The van der Waals surface area contributed by atoms with Crippen molar-refractivity contribution in [1.82, 2.24) is 0 Å². The molecule has 0 aliphatic carbocycles. The van der Waals surface area contributed by atoms with Crippen LogP contribution in [0.25, 0.3) is 0 Å². The van der Waals surface area contributed by atoms with Crippen LogP contribution in [0, 0.1) is 10.1 Å². The number of aromatic hydroxyl groups is 1. The zero-order valence-electron chi connectivity index (χ0n) is 7.51. The summed E-state index contributed by atoms with van der Waals surface area (Å²) in [6.45, 7) is -0.726. The summed E-state index contributed by atoms with van der Waals surface area (Å²) in [4.78, 5) is 20.4. The second-order valence-corrected chi connectivity index (χ2v) is 2.66. The van der Waals surface area contributed by atoms with Crippen LogP contribution in [0.2, 0.25) is 0 Å². The third kappa shape index (κ3) is 2.64. The summed E-state index contributed by atoms with van der Waals surface area (Å²) in [5.41, 5.74) is -0.269. The van der Waals surface area contributed by atoms with Crippen LogP contribution in [-0.2, 0) is 4.79 Å². The van der Waals surface area contributed by atoms with Gasteiger partial charge in [-0.2, -0.15) is 0 Å². The zero-order chi connectivity index (χ0) is 11.4. The number of phenols is 1. The highest BCUT2D eigenvalue weighted by atomic mass is 16.6. The minimum Gasteiger partial charge on any atom is -0.506 e. The highest BCUT2D eigenvalue weighted by Gasteiger charge is 2.11. The average molecular weight is 212 g/mol. The number of nitrogens with one attached hydrogen (secondary N) is 1. The molecule has 0 aromatic heterocycles. The zero-order valence-corrected chi connectivity index (χ0v) is 7.51. The van der Waals surface area contributed by atoms with Gasteiger partial charge in [-0.15, -0.1) is 0 Å². The molecule has 1 aromatic carbocycles. The molecule has 0 fully saturated rings. The molecule has 7 heteroatoms. The maximum absolute atomic E-state index is 10.7. The Hall–Kier alpha value is -2.15. The first kappa shape index (κ1) is 10.9. The van der Waals surface area contributed by atoms with Crippen molar-refractivity contribution in [3.8, 4) is 5.75 Å². The van der Waals surface area contributed by atoms with Crippen molar-refractivity contribution in [2.75, 3.05) is 11.9 Å². The molecule has 0 radical (unpaired) electrons. The molecule has 80 valence electrons. The van der Waals surface area contributed by atoms with Gasteiger partial charge in [0.1, 0.15) is 12.4 Å². The SMILES string of the molecule is O=C(CO)Nc1ccc([N+](=O)[O-])cc1O. The van der Waals surface area contributed by atoms with Crippen molar-refractivity contribution >= 4 is 17.3 Å². The van der Waals surface area contributed by atoms with Gasteiger partial charge in [-0.1, -0.05) is 0 Å². The van der Waals surface area contributed by atoms with E-state index in [1.807, 2.05) is 0 Å². The summed E-state index contributed by atoms with van der Waals surface area (Å²) in [5.74, 6) is -1.13. The van der Waals surface area contributed by atoms with Gasteiger partial charge in [-0.3, -0.25) is 14.9 Å². The standard InChI is InChI=1S/C8H8N2O5/c11-4-8(13)9-6-2-1-5(10(14)15)3-7(6)12/h1-3,11-12H,4H2,(H,9,13). The van der Waals surface area contributed by atoms with Crippen LogP contribution in [0.5, 0.6) is 5.75 Å². The van der Waals surface area contributed by atoms with Crippen molar-refractivity contribution in [1.29, 1.82) is 0 Å². The number of aliphatic hydroxyl groups is 1. The number of anilines is 1. The number of amides is 1. The quantitative estimate of drug-likeness (QED) is 0.377. The van der Waals surface area contributed by atoms with Crippen LogP contribution in [0.4, 0.5) is 11.4 Å². The number of carbonyl (C=O) groups is 1. The van der Waals surface area contributed by atoms with Crippen molar-refractivity contribution in [3.05, 3.63) is 28.3 Å². The Morgan fingerprint density at radius 3 is 2.67 bits per heavy atom. The lowest BCUT2D eigenvalue weighted by atomic mass is 10.2. The van der Waals surface area contributed by atoms with E-state index < -0.39 is 23.2 Å². The summed E-state index contributed by atoms with van der Waals surface area (Å²) >= 11 is 0. The number of phenolic OH excluding ortho intramolecular Hbond substituents is 1. The molecule has 0 saturated carbocycles. The second-order valence-electron chi connectivity index (χ2n) is 2.66. The van der Waals surface area contributed by atoms with E-state index in [1.165, 1.54) is 6.07 Å². The lowest BCUT2D eigenvalue weighted by molar-refractivity contribution is -0.384. The minimum atomic E-state index is -0.726. The molecule has 0 spiro atoms. The molecule has 0 atom stereocenters. The molecule has 1 aromatic rings. The highest BCUT2D eigenvalue weighted by Crippen LogP contribution is 2.27. The molecule has 0 heterocycles. The Morgan fingerprint density at radius 2 is 2.20 bits per heavy atom. The molecule has 1 amide bonds. The predicted molar refractivity (Wildman–Crippen MR) is 50.5 cm³/mol. The average Bonchev–Trinajstić information content (AvgIpc) is 2.20. The second kappa shape index (κ2) is 4.38. The molecule has 0 unspecified atom stereocenters. The third-order valence-corrected chi connectivity index (χ3v) is 1.61. The summed E-state index contributed by atoms with van der Waals surface area (Å²) in [7, 11) is 0. The van der Waals surface area contributed by atoms with E-state index in [9.17, 15) is 20.0 Å². The molecule has 7 nitrogen and oxygen atoms in total. The Morgan fingerprint density at radius 1 is 1.53 bits per heavy atom. The number of carbonyl (C=O) groups excluding carboxylic acids is 1. The fourth-order valence-electron chi connectivity index (χ4n) is 0.929. The number of non-ortho nitro benzene ring substituents is 1. The smallest absolute Gasteiger partial charge is 0.273 e. The van der Waals surface area contributed by atoms with Gasteiger partial charge in [-0.25, -0.2) is 0 Å². The number of nitrogens with zero attached hydrogens (tertiary/aromatic N) is 1. The molecule has 1 rings (SSSR count). The number of aliphatic hydroxyl groups excluding tert-OH is 1. The Labute approximate surface area is 84.1 Å². The number of nitro benzene ring substituents is 1. The first-order valence-electron chi connectivity index (χ1n) is 3.92. The summed E-state index contributed by atoms with van der Waals surface area (Å²) in [6.07, 6.45) is 0. The van der Waals surface area contributed by atoms with Crippen molar-refractivity contribution < 1.29 is 19.9 Å². The van der Waals surface area contributed by atoms with E-state index in [0.29, 0.717) is 0 Å². The van der Waals surface area contributed by atoms with E-state index in [0.717, 1.165) is 12.1 Å². The van der Waals surface area contributed by atoms with Gasteiger partial charge in [0.25, 0.3) is 5.69 Å². The fraction of sp³-hybridized carbons (Fsp3) is 0.125. The van der Waals surface area contributed by atoms with Crippen LogP contribution >= 0.6 is 0 Å². The first-order valence-corrected chi connectivity index (χ1v) is 3.92. The van der Waals surface area contributed by atoms with Gasteiger partial charge >= 0.3 is 0 Å². The Bertz CT molecular complexity index is 404. The molecular formula is C8H8N2O5. The van der Waals surface area contributed by atoms with Gasteiger partial charge < -0.3 is 15.5 Å². The predicted octanol–water partition coefficient (Wildman–Crippen LogP) is 0.231. The van der Waals surface area contributed by atoms with Crippen molar-refractivity contribution in [3.63, 3.8) is 0 Å². The third-order valence-electron chi connectivity index (χ3n) is 1.61. The first-order chi connectivity index (χ1) is 7.04. The van der Waals surface area contributed by atoms with Crippen LogP contribution in [0.15, 0.2) is 18.2 Å². The van der Waals surface area contributed by atoms with E-state index in [4.69, 9.17) is 5.11 Å². The molecule has 3 N–H and O–H groups in total. The molecule has 0 saturated heterocycles. The Kier molecular flexibility index (Phi) is 3.19. The molecule has 0 bridgehead atoms. The molecule has 0 aliphatic heterocycles. The van der Waals surface area contributed by atoms with Gasteiger partial charge in [0.15, 0.2) is 0 Å². The summed E-state index contributed by atoms with van der Waals surface area (Å²) < 4.78 is 0. The van der Waals surface area contributed by atoms with E-state index in [-0.39, 0.29) is 11.4 Å². The van der Waals surface area contributed by atoms with Crippen LogP contribution in [0.1, 0.15) is 0 Å². The maximum atomic E-state index is 10.7. The normalized spacial score (nSPS) is 9.67. The fourth-order valence-corrected chi connectivity index (χ4v) is 0.929. The largest absolute Gasteiger partial charge is 0.506 e. The number of benzene rings is 1. The lowest BCUT2D eigenvalue weighted by Gasteiger charge is -2.04. The van der Waals surface area contributed by atoms with Gasteiger partial charge in [0, 0.05) is 6.07 Å². The monoisotopic (exact) mass is 212 g/mol. The van der Waals surface area contributed by atoms with Crippen LogP contribution < -0.4 is 5.32 Å². The topological polar surface area (TPSA) is 113 Å². The van der Waals surface area contributed by atoms with Crippen molar-refractivity contribution in [2.24, 2.45) is 0 Å². The number of hydrogen-bond acceptors (Lipinski definition) is 5. The van der Waals surface area contributed by atoms with Gasteiger partial charge in [0.2, 0.25) is 5.91 Å². The maximum Gasteiger partial charge on any atom is 0.273 e. The number of rotatable bonds is 3. The Balaban J connectivity index is 2.93. The number of nitro groups is 1. The summed E-state index contributed by atoms with van der Waals surface area (Å²) in [5, 5.41) is 30.2. The van der Waals surface area contributed by atoms with Crippen molar-refractivity contribution in [2.45, 2.75) is 0 Å². The molecule has 0 aliphatic rings. The van der Waals surface area contributed by atoms with Gasteiger partial charge in [0.05, 0.1) is 16.7 Å². The van der Waals surface area contributed by atoms with E-state index >= 15 is 0 Å². The summed E-state index contributed by atoms with van der Waals surface area (Å²) in [6, 6.07) is 3.22. The number of hydrogen-bond donors (Lipinski definition) is 3.